The number of aromatic nitrogens is 1. The maximum absolute atomic E-state index is 13.3. The van der Waals surface area contributed by atoms with Crippen LogP contribution in [0.25, 0.3) is 0 Å². The molecule has 0 saturated heterocycles. The highest BCUT2D eigenvalue weighted by Crippen LogP contribution is 2.28. The maximum Gasteiger partial charge on any atom is 0.322 e. The summed E-state index contributed by atoms with van der Waals surface area (Å²) >= 11 is 0. The molecular formula is C20H18FN3O. The van der Waals surface area contributed by atoms with Gasteiger partial charge in [0.05, 0.1) is 6.04 Å². The summed E-state index contributed by atoms with van der Waals surface area (Å²) in [6.07, 6.45) is 3.38. The summed E-state index contributed by atoms with van der Waals surface area (Å²) in [5.41, 5.74) is 2.36. The Hall–Kier alpha value is -3.21. The molecule has 5 heteroatoms. The fourth-order valence-corrected chi connectivity index (χ4v) is 2.67. The van der Waals surface area contributed by atoms with Crippen LogP contribution in [0.1, 0.15) is 17.2 Å². The second-order valence-electron chi connectivity index (χ2n) is 5.65. The zero-order valence-electron chi connectivity index (χ0n) is 13.8. The van der Waals surface area contributed by atoms with E-state index >= 15 is 0 Å². The number of carbonyl (C=O) groups is 1. The van der Waals surface area contributed by atoms with Crippen molar-refractivity contribution in [2.24, 2.45) is 0 Å². The lowest BCUT2D eigenvalue weighted by Crippen LogP contribution is -2.35. The second-order valence-corrected chi connectivity index (χ2v) is 5.65. The van der Waals surface area contributed by atoms with E-state index in [9.17, 15) is 9.18 Å². The Morgan fingerprint density at radius 1 is 1.00 bits per heavy atom. The van der Waals surface area contributed by atoms with E-state index in [4.69, 9.17) is 0 Å². The minimum Gasteiger partial charge on any atom is -0.316 e. The lowest BCUT2D eigenvalue weighted by molar-refractivity contribution is 0.212. The Bertz CT molecular complexity index is 823. The fraction of sp³-hybridized carbons (Fsp3) is 0.100. The molecule has 2 amide bonds. The number of nitrogens with zero attached hydrogens (tertiary/aromatic N) is 2. The molecule has 0 aliphatic heterocycles. The molecule has 0 unspecified atom stereocenters. The number of hydrogen-bond acceptors (Lipinski definition) is 2. The highest BCUT2D eigenvalue weighted by molar-refractivity contribution is 5.89. The predicted octanol–water partition coefficient (Wildman–Crippen LogP) is 4.47. The number of hydrogen-bond donors (Lipinski definition) is 1. The number of amides is 2. The van der Waals surface area contributed by atoms with Gasteiger partial charge in [0.1, 0.15) is 5.82 Å². The zero-order chi connectivity index (χ0) is 17.6. The zero-order valence-corrected chi connectivity index (χ0v) is 13.8. The molecule has 0 aliphatic carbocycles. The molecule has 4 nitrogen and oxygen atoms in total. The van der Waals surface area contributed by atoms with E-state index in [-0.39, 0.29) is 17.9 Å². The van der Waals surface area contributed by atoms with Gasteiger partial charge in [-0.05, 0) is 41.5 Å². The molecule has 0 saturated carbocycles. The highest BCUT2D eigenvalue weighted by Gasteiger charge is 2.24. The molecule has 0 spiro atoms. The minimum atomic E-state index is -0.377. The van der Waals surface area contributed by atoms with Crippen LogP contribution in [0, 0.1) is 5.82 Å². The van der Waals surface area contributed by atoms with Crippen molar-refractivity contribution in [3.8, 4) is 0 Å². The first-order valence-electron chi connectivity index (χ1n) is 7.89. The largest absolute Gasteiger partial charge is 0.322 e. The topological polar surface area (TPSA) is 45.2 Å². The monoisotopic (exact) mass is 335 g/mol. The van der Waals surface area contributed by atoms with Gasteiger partial charge in [0, 0.05) is 25.1 Å². The first kappa shape index (κ1) is 16.6. The molecule has 25 heavy (non-hydrogen) atoms. The van der Waals surface area contributed by atoms with Crippen LogP contribution < -0.4 is 5.32 Å². The van der Waals surface area contributed by atoms with Crippen LogP contribution in [0.4, 0.5) is 14.9 Å². The summed E-state index contributed by atoms with van der Waals surface area (Å²) in [5, 5.41) is 2.87. The van der Waals surface area contributed by atoms with Crippen LogP contribution in [0.15, 0.2) is 79.1 Å². The van der Waals surface area contributed by atoms with Gasteiger partial charge >= 0.3 is 6.03 Å². The minimum absolute atomic E-state index is 0.260. The van der Waals surface area contributed by atoms with Crippen molar-refractivity contribution < 1.29 is 9.18 Å². The van der Waals surface area contributed by atoms with Gasteiger partial charge in [-0.3, -0.25) is 4.98 Å². The van der Waals surface area contributed by atoms with E-state index in [2.05, 4.69) is 10.3 Å². The Labute approximate surface area is 145 Å². The van der Waals surface area contributed by atoms with Crippen molar-refractivity contribution in [1.29, 1.82) is 0 Å². The van der Waals surface area contributed by atoms with Gasteiger partial charge in [-0.2, -0.15) is 0 Å². The number of nitrogens with one attached hydrogen (secondary N) is 1. The molecule has 0 aliphatic rings. The van der Waals surface area contributed by atoms with Crippen molar-refractivity contribution in [2.75, 3.05) is 12.4 Å². The highest BCUT2D eigenvalue weighted by atomic mass is 19.1. The molecule has 0 radical (unpaired) electrons. The Morgan fingerprint density at radius 3 is 2.36 bits per heavy atom. The van der Waals surface area contributed by atoms with Crippen LogP contribution in [0.5, 0.6) is 0 Å². The molecule has 3 aromatic rings. The molecule has 1 aromatic heterocycles. The third kappa shape index (κ3) is 4.01. The summed E-state index contributed by atoms with van der Waals surface area (Å²) in [7, 11) is 1.71. The summed E-state index contributed by atoms with van der Waals surface area (Å²) < 4.78 is 13.3. The van der Waals surface area contributed by atoms with Crippen molar-refractivity contribution in [3.05, 3.63) is 96.1 Å². The summed E-state index contributed by atoms with van der Waals surface area (Å²) in [4.78, 5) is 18.4. The quantitative estimate of drug-likeness (QED) is 0.764. The van der Waals surface area contributed by atoms with Gasteiger partial charge in [0.15, 0.2) is 0 Å². The number of urea groups is 1. The molecule has 2 aromatic carbocycles. The third-order valence-electron chi connectivity index (χ3n) is 3.92. The SMILES string of the molecule is CN(C(=O)Nc1ccccc1)[C@H](c1ccc(F)cc1)c1cccnc1. The van der Waals surface area contributed by atoms with Crippen molar-refractivity contribution in [1.82, 2.24) is 9.88 Å². The predicted molar refractivity (Wildman–Crippen MR) is 95.7 cm³/mol. The maximum atomic E-state index is 13.3. The van der Waals surface area contributed by atoms with Crippen LogP contribution in [-0.4, -0.2) is 23.0 Å². The molecule has 1 atom stereocenters. The number of anilines is 1. The Kier molecular flexibility index (Phi) is 5.04. The van der Waals surface area contributed by atoms with Gasteiger partial charge in [-0.25, -0.2) is 9.18 Å². The van der Waals surface area contributed by atoms with Gasteiger partial charge < -0.3 is 10.2 Å². The first-order chi connectivity index (χ1) is 12.1. The van der Waals surface area contributed by atoms with E-state index in [1.807, 2.05) is 42.5 Å². The average Bonchev–Trinajstić information content (AvgIpc) is 2.65. The first-order valence-corrected chi connectivity index (χ1v) is 7.89. The number of pyridine rings is 1. The van der Waals surface area contributed by atoms with Crippen molar-refractivity contribution >= 4 is 11.7 Å². The molecule has 0 bridgehead atoms. The number of para-hydroxylation sites is 1. The van der Waals surface area contributed by atoms with Gasteiger partial charge in [0.2, 0.25) is 0 Å². The van der Waals surface area contributed by atoms with E-state index in [1.165, 1.54) is 12.1 Å². The van der Waals surface area contributed by atoms with Gasteiger partial charge in [0.25, 0.3) is 0 Å². The third-order valence-corrected chi connectivity index (χ3v) is 3.92. The summed E-state index contributed by atoms with van der Waals surface area (Å²) in [5.74, 6) is -0.315. The lowest BCUT2D eigenvalue weighted by atomic mass is 9.99. The molecule has 1 heterocycles. The lowest BCUT2D eigenvalue weighted by Gasteiger charge is -2.29. The Balaban J connectivity index is 1.90. The van der Waals surface area contributed by atoms with E-state index in [0.29, 0.717) is 5.69 Å². The van der Waals surface area contributed by atoms with Crippen molar-refractivity contribution in [2.45, 2.75) is 6.04 Å². The number of carbonyl (C=O) groups excluding carboxylic acids is 1. The van der Waals surface area contributed by atoms with Gasteiger partial charge in [-0.15, -0.1) is 0 Å². The molecular weight excluding hydrogens is 317 g/mol. The van der Waals surface area contributed by atoms with Crippen molar-refractivity contribution in [3.63, 3.8) is 0 Å². The molecule has 1 N–H and O–H groups in total. The smallest absolute Gasteiger partial charge is 0.316 e. The van der Waals surface area contributed by atoms with E-state index < -0.39 is 0 Å². The number of benzene rings is 2. The van der Waals surface area contributed by atoms with E-state index in [0.717, 1.165) is 11.1 Å². The van der Waals surface area contributed by atoms with Crippen LogP contribution >= 0.6 is 0 Å². The van der Waals surface area contributed by atoms with Gasteiger partial charge in [-0.1, -0.05) is 36.4 Å². The molecule has 3 rings (SSSR count). The average molecular weight is 335 g/mol. The Morgan fingerprint density at radius 2 is 1.72 bits per heavy atom. The standard InChI is InChI=1S/C20H18FN3O/c1-24(20(25)23-18-7-3-2-4-8-18)19(16-6-5-13-22-14-16)15-9-11-17(21)12-10-15/h2-14,19H,1H3,(H,23,25)/t19-/m1/s1. The number of rotatable bonds is 4. The summed E-state index contributed by atoms with van der Waals surface area (Å²) in [6.45, 7) is 0. The fourth-order valence-electron chi connectivity index (χ4n) is 2.67. The number of halogens is 1. The molecule has 126 valence electrons. The molecule has 0 fully saturated rings. The normalized spacial score (nSPS) is 11.6. The van der Waals surface area contributed by atoms with E-state index in [1.54, 1.807) is 36.5 Å². The summed E-state index contributed by atoms with van der Waals surface area (Å²) in [6, 6.07) is 18.5. The van der Waals surface area contributed by atoms with Crippen LogP contribution in [-0.2, 0) is 0 Å². The van der Waals surface area contributed by atoms with Crippen LogP contribution in [0.3, 0.4) is 0 Å². The van der Waals surface area contributed by atoms with Crippen LogP contribution in [0.2, 0.25) is 0 Å². The second kappa shape index (κ2) is 7.57.